The Morgan fingerprint density at radius 2 is 1.74 bits per heavy atom. The van der Waals surface area contributed by atoms with Crippen LogP contribution in [-0.4, -0.2) is 53.4 Å². The van der Waals surface area contributed by atoms with Crippen molar-refractivity contribution in [3.63, 3.8) is 0 Å². The molecule has 6 heteroatoms. The minimum absolute atomic E-state index is 0.285. The molecule has 6 nitrogen and oxygen atoms in total. The Bertz CT molecular complexity index is 948. The number of Topliss-reactive ketones (excluding diaryl/α,β-unsaturated/α-hetero) is 1. The van der Waals surface area contributed by atoms with E-state index in [1.165, 1.54) is 11.1 Å². The Labute approximate surface area is 212 Å². The van der Waals surface area contributed by atoms with Crippen molar-refractivity contribution in [3.8, 4) is 0 Å². The lowest BCUT2D eigenvalue weighted by atomic mass is 9.79. The minimum atomic E-state index is 0.285. The van der Waals surface area contributed by atoms with Gasteiger partial charge in [-0.2, -0.15) is 4.98 Å². The first-order valence-corrected chi connectivity index (χ1v) is 14.0. The van der Waals surface area contributed by atoms with Crippen molar-refractivity contribution in [2.24, 2.45) is 11.8 Å². The molecule has 0 amide bonds. The number of hydrogen-bond acceptors (Lipinski definition) is 6. The van der Waals surface area contributed by atoms with Crippen LogP contribution in [0.2, 0.25) is 0 Å². The number of anilines is 2. The number of ketones is 1. The summed E-state index contributed by atoms with van der Waals surface area (Å²) in [6, 6.07) is 4.38. The van der Waals surface area contributed by atoms with Crippen LogP contribution in [0.25, 0.3) is 10.9 Å². The molecule has 1 aliphatic rings. The molecule has 1 fully saturated rings. The summed E-state index contributed by atoms with van der Waals surface area (Å²) in [5.41, 5.74) is 3.43. The first-order valence-electron chi connectivity index (χ1n) is 14.0. The van der Waals surface area contributed by atoms with E-state index in [1.54, 1.807) is 0 Å². The molecule has 194 valence electrons. The summed E-state index contributed by atoms with van der Waals surface area (Å²) in [4.78, 5) is 24.6. The number of aromatic nitrogens is 2. The van der Waals surface area contributed by atoms with Crippen LogP contribution in [0.1, 0.15) is 83.3 Å². The SMILES string of the molecule is CCCCC(=O)[C@H]1CC[C@H](CNc2nc(NCCCN(CC)CC)c3cc(C)cc(C)c3n2)CC1. The number of benzene rings is 1. The maximum atomic E-state index is 12.4. The fraction of sp³-hybridized carbons (Fsp3) is 0.690. The van der Waals surface area contributed by atoms with Gasteiger partial charge >= 0.3 is 0 Å². The highest BCUT2D eigenvalue weighted by atomic mass is 16.1. The summed E-state index contributed by atoms with van der Waals surface area (Å²) >= 11 is 0. The molecule has 0 aliphatic heterocycles. The number of nitrogens with one attached hydrogen (secondary N) is 2. The molecule has 1 aromatic heterocycles. The van der Waals surface area contributed by atoms with Crippen LogP contribution >= 0.6 is 0 Å². The normalized spacial score (nSPS) is 18.2. The van der Waals surface area contributed by atoms with Gasteiger partial charge in [0.1, 0.15) is 11.6 Å². The molecule has 1 aliphatic carbocycles. The molecule has 3 rings (SSSR count). The highest BCUT2D eigenvalue weighted by Crippen LogP contribution is 2.31. The van der Waals surface area contributed by atoms with Crippen molar-refractivity contribution < 1.29 is 4.79 Å². The molecule has 2 N–H and O–H groups in total. The second-order valence-electron chi connectivity index (χ2n) is 10.3. The van der Waals surface area contributed by atoms with E-state index in [-0.39, 0.29) is 5.92 Å². The maximum absolute atomic E-state index is 12.4. The summed E-state index contributed by atoms with van der Waals surface area (Å²) < 4.78 is 0. The monoisotopic (exact) mass is 481 g/mol. The summed E-state index contributed by atoms with van der Waals surface area (Å²) in [5, 5.41) is 8.24. The zero-order chi connectivity index (χ0) is 25.2. The Hall–Kier alpha value is -2.21. The van der Waals surface area contributed by atoms with Crippen LogP contribution in [0.5, 0.6) is 0 Å². The lowest BCUT2D eigenvalue weighted by Gasteiger charge is -2.28. The van der Waals surface area contributed by atoms with E-state index in [0.29, 0.717) is 17.6 Å². The Morgan fingerprint density at radius 3 is 2.43 bits per heavy atom. The number of aryl methyl sites for hydroxylation is 2. The van der Waals surface area contributed by atoms with E-state index >= 15 is 0 Å². The van der Waals surface area contributed by atoms with Gasteiger partial charge in [-0.15, -0.1) is 0 Å². The van der Waals surface area contributed by atoms with E-state index in [0.717, 1.165) is 101 Å². The van der Waals surface area contributed by atoms with Gasteiger partial charge in [0, 0.05) is 30.8 Å². The van der Waals surface area contributed by atoms with E-state index in [1.807, 2.05) is 0 Å². The fourth-order valence-corrected chi connectivity index (χ4v) is 5.33. The number of rotatable bonds is 14. The van der Waals surface area contributed by atoms with Crippen molar-refractivity contribution in [2.45, 2.75) is 86.0 Å². The highest BCUT2D eigenvalue weighted by Gasteiger charge is 2.25. The number of nitrogens with zero attached hydrogens (tertiary/aromatic N) is 3. The zero-order valence-corrected chi connectivity index (χ0v) is 22.8. The van der Waals surface area contributed by atoms with Gasteiger partial charge in [-0.25, -0.2) is 4.98 Å². The standard InChI is InChI=1S/C29H47N5O/c1-6-9-11-26(35)24-14-12-23(13-15-24)20-31-29-32-27-22(5)18-21(4)19-25(27)28(33-29)30-16-10-17-34(7-2)8-3/h18-19,23-24H,6-17,20H2,1-5H3,(H2,30,31,32,33)/t23-,24-. The Balaban J connectivity index is 1.62. The van der Waals surface area contributed by atoms with E-state index in [2.05, 4.69) is 62.3 Å². The van der Waals surface area contributed by atoms with Crippen molar-refractivity contribution in [2.75, 3.05) is 43.4 Å². The van der Waals surface area contributed by atoms with Crippen molar-refractivity contribution in [1.82, 2.24) is 14.9 Å². The van der Waals surface area contributed by atoms with Gasteiger partial charge in [-0.3, -0.25) is 4.79 Å². The molecule has 0 saturated heterocycles. The van der Waals surface area contributed by atoms with Crippen LogP contribution in [0.4, 0.5) is 11.8 Å². The minimum Gasteiger partial charge on any atom is -0.369 e. The summed E-state index contributed by atoms with van der Waals surface area (Å²) in [7, 11) is 0. The molecule has 1 heterocycles. The third-order valence-electron chi connectivity index (χ3n) is 7.60. The maximum Gasteiger partial charge on any atom is 0.225 e. The van der Waals surface area contributed by atoms with Crippen LogP contribution in [0.3, 0.4) is 0 Å². The smallest absolute Gasteiger partial charge is 0.225 e. The second kappa shape index (κ2) is 13.8. The largest absolute Gasteiger partial charge is 0.369 e. The molecule has 1 aromatic carbocycles. The van der Waals surface area contributed by atoms with Crippen molar-refractivity contribution in [3.05, 3.63) is 23.3 Å². The van der Waals surface area contributed by atoms with E-state index < -0.39 is 0 Å². The highest BCUT2D eigenvalue weighted by molar-refractivity contribution is 5.92. The Morgan fingerprint density at radius 1 is 1.00 bits per heavy atom. The average Bonchev–Trinajstić information content (AvgIpc) is 2.86. The molecule has 0 bridgehead atoms. The molecule has 0 atom stereocenters. The van der Waals surface area contributed by atoms with E-state index in [4.69, 9.17) is 9.97 Å². The molecule has 0 spiro atoms. The predicted molar refractivity (Wildman–Crippen MR) is 148 cm³/mol. The first kappa shape index (κ1) is 27.4. The van der Waals surface area contributed by atoms with E-state index in [9.17, 15) is 4.79 Å². The molecule has 1 saturated carbocycles. The number of carbonyl (C=O) groups excluding carboxylic acids is 1. The van der Waals surface area contributed by atoms with Crippen molar-refractivity contribution >= 4 is 28.5 Å². The predicted octanol–water partition coefficient (Wildman–Crippen LogP) is 6.37. The average molecular weight is 482 g/mol. The molecule has 35 heavy (non-hydrogen) atoms. The Kier molecular flexibility index (Phi) is 10.8. The van der Waals surface area contributed by atoms with Crippen LogP contribution in [-0.2, 0) is 4.79 Å². The van der Waals surface area contributed by atoms with Gasteiger partial charge in [0.2, 0.25) is 5.95 Å². The van der Waals surface area contributed by atoms with Gasteiger partial charge in [-0.05, 0) is 95.1 Å². The summed E-state index contributed by atoms with van der Waals surface area (Å²) in [6.45, 7) is 15.9. The van der Waals surface area contributed by atoms with Crippen LogP contribution in [0.15, 0.2) is 12.1 Å². The lowest BCUT2D eigenvalue weighted by molar-refractivity contribution is -0.124. The first-order chi connectivity index (χ1) is 16.9. The molecule has 0 radical (unpaired) electrons. The number of unbranched alkanes of at least 4 members (excludes halogenated alkanes) is 1. The molecule has 0 unspecified atom stereocenters. The number of carbonyl (C=O) groups is 1. The molecular formula is C29H47N5O. The topological polar surface area (TPSA) is 70.2 Å². The van der Waals surface area contributed by atoms with Crippen LogP contribution in [0, 0.1) is 25.7 Å². The third-order valence-corrected chi connectivity index (χ3v) is 7.60. The van der Waals surface area contributed by atoms with Gasteiger partial charge in [0.05, 0.1) is 5.52 Å². The molecular weight excluding hydrogens is 434 g/mol. The summed E-state index contributed by atoms with van der Waals surface area (Å²) in [6.07, 6.45) is 8.26. The fourth-order valence-electron chi connectivity index (χ4n) is 5.33. The zero-order valence-electron chi connectivity index (χ0n) is 22.8. The third kappa shape index (κ3) is 7.89. The van der Waals surface area contributed by atoms with Gasteiger partial charge in [0.25, 0.3) is 0 Å². The van der Waals surface area contributed by atoms with Gasteiger partial charge in [-0.1, -0.05) is 33.3 Å². The second-order valence-corrected chi connectivity index (χ2v) is 10.3. The quantitative estimate of drug-likeness (QED) is 0.306. The molecule has 2 aromatic rings. The summed E-state index contributed by atoms with van der Waals surface area (Å²) in [5.74, 6) is 2.98. The van der Waals surface area contributed by atoms with Crippen molar-refractivity contribution in [1.29, 1.82) is 0 Å². The number of fused-ring (bicyclic) bond motifs is 1. The van der Waals surface area contributed by atoms with Gasteiger partial charge in [0.15, 0.2) is 0 Å². The van der Waals surface area contributed by atoms with Crippen LogP contribution < -0.4 is 10.6 Å². The number of hydrogen-bond donors (Lipinski definition) is 2. The lowest BCUT2D eigenvalue weighted by Crippen LogP contribution is -2.26. The van der Waals surface area contributed by atoms with Gasteiger partial charge < -0.3 is 15.5 Å².